The summed E-state index contributed by atoms with van der Waals surface area (Å²) >= 11 is 0. The number of aliphatic hydroxyl groups excluding tert-OH is 1. The number of methoxy groups -OCH3 is 1. The molecule has 1 aliphatic rings. The van der Waals surface area contributed by atoms with Crippen molar-refractivity contribution in [3.63, 3.8) is 0 Å². The summed E-state index contributed by atoms with van der Waals surface area (Å²) in [5.74, 6) is -2.79. The fourth-order valence-electron chi connectivity index (χ4n) is 3.95. The molecule has 0 radical (unpaired) electrons. The Kier molecular flexibility index (Phi) is 6.45. The smallest absolute Gasteiger partial charge is 0.337 e. The van der Waals surface area contributed by atoms with Gasteiger partial charge in [-0.25, -0.2) is 17.6 Å². The molecule has 0 bridgehead atoms. The second kappa shape index (κ2) is 9.34. The first-order valence-electron chi connectivity index (χ1n) is 10.6. The molecular formula is C26H22FNO6S. The summed E-state index contributed by atoms with van der Waals surface area (Å²) in [6.07, 6.45) is 0. The third-order valence-electron chi connectivity index (χ3n) is 5.79. The maximum Gasteiger partial charge on any atom is 0.337 e. The molecule has 0 spiro atoms. The van der Waals surface area contributed by atoms with Gasteiger partial charge in [-0.1, -0.05) is 42.0 Å². The molecule has 1 heterocycles. The van der Waals surface area contributed by atoms with Crippen molar-refractivity contribution in [1.82, 2.24) is 4.90 Å². The predicted molar refractivity (Wildman–Crippen MR) is 125 cm³/mol. The van der Waals surface area contributed by atoms with Crippen LogP contribution in [0.2, 0.25) is 0 Å². The van der Waals surface area contributed by atoms with E-state index < -0.39 is 44.2 Å². The van der Waals surface area contributed by atoms with Crippen LogP contribution in [0.4, 0.5) is 4.39 Å². The van der Waals surface area contributed by atoms with Gasteiger partial charge in [0.05, 0.1) is 23.6 Å². The van der Waals surface area contributed by atoms with Crippen molar-refractivity contribution in [3.05, 3.63) is 112 Å². The zero-order valence-electron chi connectivity index (χ0n) is 18.9. The molecule has 0 unspecified atom stereocenters. The fraction of sp³-hybridized carbons (Fsp3) is 0.154. The molecule has 0 fully saturated rings. The van der Waals surface area contributed by atoms with Gasteiger partial charge in [-0.05, 0) is 54.4 Å². The van der Waals surface area contributed by atoms with Crippen LogP contribution in [0.3, 0.4) is 0 Å². The van der Waals surface area contributed by atoms with Crippen LogP contribution < -0.4 is 0 Å². The van der Waals surface area contributed by atoms with Crippen LogP contribution in [-0.4, -0.2) is 37.4 Å². The lowest BCUT2D eigenvalue weighted by Crippen LogP contribution is -2.30. The first kappa shape index (κ1) is 24.2. The van der Waals surface area contributed by atoms with E-state index in [1.165, 1.54) is 72.7 Å². The van der Waals surface area contributed by atoms with Gasteiger partial charge in [0.1, 0.15) is 10.7 Å². The number of rotatable bonds is 6. The van der Waals surface area contributed by atoms with Crippen molar-refractivity contribution in [2.75, 3.05) is 7.11 Å². The highest BCUT2D eigenvalue weighted by Crippen LogP contribution is 2.43. The SMILES string of the molecule is COC(=O)c1ccc([C@H]2C(S(=O)(=O)c3ccc(C)cc3)=C(O)C(=O)N2Cc2ccc(F)cc2)cc1. The standard InChI is InChI=1S/C26H22FNO6S/c1-16-3-13-21(14-4-16)35(32,33)24-22(18-7-9-19(10-8-18)26(31)34-2)28(25(30)23(24)29)15-17-5-11-20(27)12-6-17/h3-14,22,29H,15H2,1-2H3/t22-/m0/s1. The number of amides is 1. The maximum atomic E-state index is 13.6. The van der Waals surface area contributed by atoms with Crippen LogP contribution in [0, 0.1) is 12.7 Å². The number of ether oxygens (including phenoxy) is 1. The predicted octanol–water partition coefficient (Wildman–Crippen LogP) is 4.25. The van der Waals surface area contributed by atoms with Crippen molar-refractivity contribution < 1.29 is 32.2 Å². The molecular weight excluding hydrogens is 473 g/mol. The van der Waals surface area contributed by atoms with Crippen LogP contribution in [-0.2, 0) is 25.9 Å². The highest BCUT2D eigenvalue weighted by molar-refractivity contribution is 7.95. The Balaban J connectivity index is 1.84. The number of aryl methyl sites for hydroxylation is 1. The molecule has 0 aromatic heterocycles. The molecule has 3 aromatic rings. The molecule has 1 N–H and O–H groups in total. The van der Waals surface area contributed by atoms with Crippen molar-refractivity contribution in [2.24, 2.45) is 0 Å². The number of halogens is 1. The summed E-state index contributed by atoms with van der Waals surface area (Å²) < 4.78 is 45.4. The van der Waals surface area contributed by atoms with E-state index in [9.17, 15) is 27.5 Å². The maximum absolute atomic E-state index is 13.6. The number of benzene rings is 3. The van der Waals surface area contributed by atoms with Crippen molar-refractivity contribution in [1.29, 1.82) is 0 Å². The van der Waals surface area contributed by atoms with Crippen LogP contribution >= 0.6 is 0 Å². The molecule has 1 aliphatic heterocycles. The van der Waals surface area contributed by atoms with Gasteiger partial charge < -0.3 is 14.7 Å². The molecule has 180 valence electrons. The normalized spacial score (nSPS) is 16.0. The largest absolute Gasteiger partial charge is 0.502 e. The average molecular weight is 496 g/mol. The van der Waals surface area contributed by atoms with Crippen LogP contribution in [0.15, 0.2) is 88.4 Å². The van der Waals surface area contributed by atoms with Gasteiger partial charge in [0, 0.05) is 6.54 Å². The molecule has 1 amide bonds. The summed E-state index contributed by atoms with van der Waals surface area (Å²) in [5, 5.41) is 10.8. The van der Waals surface area contributed by atoms with Gasteiger partial charge >= 0.3 is 5.97 Å². The highest BCUT2D eigenvalue weighted by Gasteiger charge is 2.46. The molecule has 0 aliphatic carbocycles. The summed E-state index contributed by atoms with van der Waals surface area (Å²) in [6.45, 7) is 1.72. The van der Waals surface area contributed by atoms with Gasteiger partial charge in [-0.15, -0.1) is 0 Å². The van der Waals surface area contributed by atoms with Gasteiger partial charge in [-0.3, -0.25) is 4.79 Å². The van der Waals surface area contributed by atoms with E-state index in [1.807, 2.05) is 6.92 Å². The molecule has 35 heavy (non-hydrogen) atoms. The summed E-state index contributed by atoms with van der Waals surface area (Å²) in [4.78, 5) is 25.7. The quantitative estimate of drug-likeness (QED) is 0.513. The lowest BCUT2D eigenvalue weighted by atomic mass is 10.0. The van der Waals surface area contributed by atoms with E-state index in [0.717, 1.165) is 5.56 Å². The van der Waals surface area contributed by atoms with E-state index in [4.69, 9.17) is 4.74 Å². The molecule has 9 heteroatoms. The van der Waals surface area contributed by atoms with Crippen LogP contribution in [0.25, 0.3) is 0 Å². The van der Waals surface area contributed by atoms with E-state index in [2.05, 4.69) is 0 Å². The Morgan fingerprint density at radius 3 is 2.17 bits per heavy atom. The van der Waals surface area contributed by atoms with Crippen LogP contribution in [0.5, 0.6) is 0 Å². The number of hydrogen-bond acceptors (Lipinski definition) is 6. The molecule has 0 saturated carbocycles. The van der Waals surface area contributed by atoms with Gasteiger partial charge in [-0.2, -0.15) is 0 Å². The van der Waals surface area contributed by atoms with Crippen LogP contribution in [0.1, 0.15) is 33.1 Å². The van der Waals surface area contributed by atoms with Gasteiger partial charge in [0.15, 0.2) is 5.76 Å². The van der Waals surface area contributed by atoms with Gasteiger partial charge in [0.25, 0.3) is 5.91 Å². The minimum Gasteiger partial charge on any atom is -0.502 e. The second-order valence-corrected chi connectivity index (χ2v) is 10.0. The zero-order chi connectivity index (χ0) is 25.3. The second-order valence-electron chi connectivity index (χ2n) is 8.10. The topological polar surface area (TPSA) is 101 Å². The minimum atomic E-state index is -4.28. The van der Waals surface area contributed by atoms with E-state index in [1.54, 1.807) is 12.1 Å². The number of aliphatic hydroxyl groups is 1. The summed E-state index contributed by atoms with van der Waals surface area (Å²) in [7, 11) is -3.04. The molecule has 7 nitrogen and oxygen atoms in total. The Labute approximate surface area is 202 Å². The number of esters is 1. The average Bonchev–Trinajstić information content (AvgIpc) is 3.10. The lowest BCUT2D eigenvalue weighted by molar-refractivity contribution is -0.130. The van der Waals surface area contributed by atoms with Gasteiger partial charge in [0.2, 0.25) is 9.84 Å². The number of carbonyl (C=O) groups is 2. The Morgan fingerprint density at radius 2 is 1.60 bits per heavy atom. The van der Waals surface area contributed by atoms with E-state index in [-0.39, 0.29) is 17.0 Å². The van der Waals surface area contributed by atoms with Crippen molar-refractivity contribution >= 4 is 21.7 Å². The lowest BCUT2D eigenvalue weighted by Gasteiger charge is -2.27. The number of carbonyl (C=O) groups excluding carboxylic acids is 2. The molecule has 1 atom stereocenters. The van der Waals surface area contributed by atoms with Crippen molar-refractivity contribution in [3.8, 4) is 0 Å². The monoisotopic (exact) mass is 495 g/mol. The molecule has 3 aromatic carbocycles. The number of hydrogen-bond donors (Lipinski definition) is 1. The minimum absolute atomic E-state index is 0.0720. The van der Waals surface area contributed by atoms with E-state index >= 15 is 0 Å². The third-order valence-corrected chi connectivity index (χ3v) is 7.68. The Hall–Kier alpha value is -3.98. The molecule has 0 saturated heterocycles. The Morgan fingerprint density at radius 1 is 1.00 bits per heavy atom. The third kappa shape index (κ3) is 4.54. The fourth-order valence-corrected chi connectivity index (χ4v) is 5.60. The first-order chi connectivity index (χ1) is 16.6. The summed E-state index contributed by atoms with van der Waals surface area (Å²) in [6, 6.07) is 16.2. The number of sulfone groups is 1. The first-order valence-corrected chi connectivity index (χ1v) is 12.1. The number of nitrogens with zero attached hydrogens (tertiary/aromatic N) is 1. The zero-order valence-corrected chi connectivity index (χ0v) is 19.8. The summed E-state index contributed by atoms with van der Waals surface area (Å²) in [5.41, 5.74) is 1.99. The van der Waals surface area contributed by atoms with Crippen molar-refractivity contribution in [2.45, 2.75) is 24.4 Å². The van der Waals surface area contributed by atoms with E-state index in [0.29, 0.717) is 11.1 Å². The Bertz CT molecular complexity index is 1410. The molecule has 4 rings (SSSR count). The highest BCUT2D eigenvalue weighted by atomic mass is 32.2.